The largest absolute Gasteiger partial charge is 0.381 e. The normalized spacial score (nSPS) is 16.3. The summed E-state index contributed by atoms with van der Waals surface area (Å²) in [4.78, 5) is 22.7. The number of amides is 1. The maximum Gasteiger partial charge on any atom is 0.263 e. The number of thiophene rings is 1. The highest BCUT2D eigenvalue weighted by Gasteiger charge is 2.24. The van der Waals surface area contributed by atoms with E-state index in [0.717, 1.165) is 48.6 Å². The summed E-state index contributed by atoms with van der Waals surface area (Å²) in [7, 11) is 0. The first-order valence-corrected chi connectivity index (χ1v) is 9.96. The molecule has 1 aliphatic heterocycles. The lowest BCUT2D eigenvalue weighted by Crippen LogP contribution is -2.34. The lowest BCUT2D eigenvalue weighted by atomic mass is 10.1. The van der Waals surface area contributed by atoms with Crippen molar-refractivity contribution in [2.75, 3.05) is 11.9 Å². The summed E-state index contributed by atoms with van der Waals surface area (Å²) in [5.41, 5.74) is 4.25. The zero-order chi connectivity index (χ0) is 19.3. The van der Waals surface area contributed by atoms with Gasteiger partial charge in [-0.15, -0.1) is 11.3 Å². The molecule has 28 heavy (non-hydrogen) atoms. The van der Waals surface area contributed by atoms with Gasteiger partial charge in [0.15, 0.2) is 0 Å². The van der Waals surface area contributed by atoms with E-state index in [9.17, 15) is 4.79 Å². The maximum atomic E-state index is 12.5. The van der Waals surface area contributed by atoms with Crippen LogP contribution in [-0.4, -0.2) is 28.5 Å². The minimum atomic E-state index is -0.0168. The van der Waals surface area contributed by atoms with E-state index in [1.165, 1.54) is 11.3 Å². The van der Waals surface area contributed by atoms with Crippen molar-refractivity contribution in [3.05, 3.63) is 59.6 Å². The van der Waals surface area contributed by atoms with Gasteiger partial charge in [0.2, 0.25) is 0 Å². The molecule has 0 radical (unpaired) electrons. The van der Waals surface area contributed by atoms with E-state index in [2.05, 4.69) is 28.3 Å². The van der Waals surface area contributed by atoms with Crippen molar-refractivity contribution in [2.45, 2.75) is 13.0 Å². The Morgan fingerprint density at radius 3 is 2.86 bits per heavy atom. The van der Waals surface area contributed by atoms with Gasteiger partial charge >= 0.3 is 0 Å². The average molecular weight is 386 g/mol. The molecule has 0 fully saturated rings. The van der Waals surface area contributed by atoms with E-state index in [-0.39, 0.29) is 11.9 Å². The Bertz CT molecular complexity index is 1260. The second-order valence-electron chi connectivity index (χ2n) is 6.92. The fourth-order valence-corrected chi connectivity index (χ4v) is 4.67. The van der Waals surface area contributed by atoms with Crippen molar-refractivity contribution in [1.29, 1.82) is 0 Å². The van der Waals surface area contributed by atoms with Gasteiger partial charge in [0.1, 0.15) is 4.88 Å². The standard InChI is InChI=1S/C22H18N4OS/c1-3-13-5-4-6-16(25-13)17-8-7-14-15(26-17)9-10-18-19(14)20-21(28-18)22(27)24-12(2)11-23-20/h3-10,12,23H,1,11H2,2H3,(H,24,27)/t12-/m1/s1. The highest BCUT2D eigenvalue weighted by molar-refractivity contribution is 7.21. The quantitative estimate of drug-likeness (QED) is 0.524. The Kier molecular flexibility index (Phi) is 3.87. The molecule has 3 aromatic heterocycles. The first-order chi connectivity index (χ1) is 13.6. The van der Waals surface area contributed by atoms with Crippen molar-refractivity contribution >= 4 is 50.0 Å². The number of nitrogens with one attached hydrogen (secondary N) is 2. The van der Waals surface area contributed by atoms with Crippen molar-refractivity contribution in [3.8, 4) is 11.4 Å². The Labute approximate surface area is 166 Å². The van der Waals surface area contributed by atoms with E-state index in [4.69, 9.17) is 4.98 Å². The van der Waals surface area contributed by atoms with Gasteiger partial charge in [-0.1, -0.05) is 12.6 Å². The molecular formula is C22H18N4OS. The number of pyridine rings is 2. The Morgan fingerprint density at radius 2 is 2.00 bits per heavy atom. The molecule has 0 saturated heterocycles. The third-order valence-corrected chi connectivity index (χ3v) is 6.09. The summed E-state index contributed by atoms with van der Waals surface area (Å²) in [5.74, 6) is -0.0168. The average Bonchev–Trinajstić information content (AvgIpc) is 3.04. The van der Waals surface area contributed by atoms with Crippen LogP contribution in [0.2, 0.25) is 0 Å². The molecule has 5 rings (SSSR count). The molecule has 0 saturated carbocycles. The number of anilines is 1. The Balaban J connectivity index is 1.71. The van der Waals surface area contributed by atoms with Crippen LogP contribution in [0.4, 0.5) is 5.69 Å². The first-order valence-electron chi connectivity index (χ1n) is 9.15. The number of nitrogens with zero attached hydrogens (tertiary/aromatic N) is 2. The third kappa shape index (κ3) is 2.65. The van der Waals surface area contributed by atoms with Gasteiger partial charge in [0.05, 0.1) is 28.3 Å². The van der Waals surface area contributed by atoms with Crippen molar-refractivity contribution < 1.29 is 4.79 Å². The molecule has 0 aliphatic carbocycles. The van der Waals surface area contributed by atoms with Crippen LogP contribution in [0.5, 0.6) is 0 Å². The lowest BCUT2D eigenvalue weighted by molar-refractivity contribution is 0.0949. The molecule has 4 aromatic rings. The van der Waals surface area contributed by atoms with Crippen LogP contribution in [0.15, 0.2) is 49.0 Å². The molecule has 0 bridgehead atoms. The van der Waals surface area contributed by atoms with Crippen molar-refractivity contribution in [1.82, 2.24) is 15.3 Å². The van der Waals surface area contributed by atoms with Gasteiger partial charge in [-0.3, -0.25) is 4.79 Å². The van der Waals surface area contributed by atoms with Crippen LogP contribution in [0.25, 0.3) is 38.5 Å². The molecule has 1 aromatic carbocycles. The summed E-state index contributed by atoms with van der Waals surface area (Å²) >= 11 is 1.52. The summed E-state index contributed by atoms with van der Waals surface area (Å²) in [6.07, 6.45) is 1.73. The molecular weight excluding hydrogens is 368 g/mol. The van der Waals surface area contributed by atoms with Crippen molar-refractivity contribution in [2.24, 2.45) is 0 Å². The van der Waals surface area contributed by atoms with Gasteiger partial charge in [-0.2, -0.15) is 0 Å². The molecule has 0 unspecified atom stereocenters. The lowest BCUT2D eigenvalue weighted by Gasteiger charge is -2.10. The number of benzene rings is 1. The molecule has 1 atom stereocenters. The first kappa shape index (κ1) is 16.9. The summed E-state index contributed by atoms with van der Waals surface area (Å²) < 4.78 is 1.08. The van der Waals surface area contributed by atoms with E-state index in [1.807, 2.05) is 43.3 Å². The number of hydrogen-bond donors (Lipinski definition) is 2. The molecule has 4 heterocycles. The van der Waals surface area contributed by atoms with Crippen LogP contribution in [0, 0.1) is 0 Å². The Morgan fingerprint density at radius 1 is 1.14 bits per heavy atom. The van der Waals surface area contributed by atoms with Crippen LogP contribution in [0.3, 0.4) is 0 Å². The molecule has 0 spiro atoms. The highest BCUT2D eigenvalue weighted by atomic mass is 32.1. The van der Waals surface area contributed by atoms with Crippen LogP contribution in [0.1, 0.15) is 22.3 Å². The summed E-state index contributed by atoms with van der Waals surface area (Å²) in [6.45, 7) is 6.48. The highest BCUT2D eigenvalue weighted by Crippen LogP contribution is 2.41. The zero-order valence-electron chi connectivity index (χ0n) is 15.3. The fraction of sp³-hybridized carbons (Fsp3) is 0.136. The minimum Gasteiger partial charge on any atom is -0.381 e. The maximum absolute atomic E-state index is 12.5. The zero-order valence-corrected chi connectivity index (χ0v) is 16.1. The molecule has 138 valence electrons. The van der Waals surface area contributed by atoms with Gasteiger partial charge in [0, 0.05) is 28.1 Å². The second-order valence-corrected chi connectivity index (χ2v) is 7.97. The van der Waals surface area contributed by atoms with E-state index < -0.39 is 0 Å². The predicted molar refractivity (Wildman–Crippen MR) is 116 cm³/mol. The molecule has 5 nitrogen and oxygen atoms in total. The second kappa shape index (κ2) is 6.42. The van der Waals surface area contributed by atoms with Gasteiger partial charge in [-0.05, 0) is 49.4 Å². The Hall–Kier alpha value is -3.25. The molecule has 2 N–H and O–H groups in total. The number of carbonyl (C=O) groups is 1. The number of rotatable bonds is 2. The summed E-state index contributed by atoms with van der Waals surface area (Å²) in [5, 5.41) is 8.58. The monoisotopic (exact) mass is 386 g/mol. The molecule has 6 heteroatoms. The van der Waals surface area contributed by atoms with E-state index in [1.54, 1.807) is 6.08 Å². The van der Waals surface area contributed by atoms with Gasteiger partial charge in [-0.25, -0.2) is 9.97 Å². The van der Waals surface area contributed by atoms with Crippen molar-refractivity contribution in [3.63, 3.8) is 0 Å². The number of carbonyl (C=O) groups excluding carboxylic acids is 1. The third-order valence-electron chi connectivity index (χ3n) is 4.93. The summed E-state index contributed by atoms with van der Waals surface area (Å²) in [6, 6.07) is 14.0. The molecule has 1 aliphatic rings. The van der Waals surface area contributed by atoms with E-state index >= 15 is 0 Å². The van der Waals surface area contributed by atoms with Crippen LogP contribution in [-0.2, 0) is 0 Å². The smallest absolute Gasteiger partial charge is 0.263 e. The van der Waals surface area contributed by atoms with Crippen LogP contribution >= 0.6 is 11.3 Å². The molecule has 1 amide bonds. The number of fused-ring (bicyclic) bond motifs is 5. The topological polar surface area (TPSA) is 66.9 Å². The van der Waals surface area contributed by atoms with E-state index in [0.29, 0.717) is 6.54 Å². The van der Waals surface area contributed by atoms with Crippen LogP contribution < -0.4 is 10.6 Å². The van der Waals surface area contributed by atoms with Gasteiger partial charge in [0.25, 0.3) is 5.91 Å². The fourth-order valence-electron chi connectivity index (χ4n) is 3.58. The van der Waals surface area contributed by atoms with Gasteiger partial charge < -0.3 is 10.6 Å². The predicted octanol–water partition coefficient (Wildman–Crippen LogP) is 4.70. The number of aromatic nitrogens is 2. The number of hydrogen-bond acceptors (Lipinski definition) is 5. The SMILES string of the molecule is C=Cc1cccc(-c2ccc3c(ccc4sc5c(c43)NC[C@@H](C)NC5=O)n2)n1. The minimum absolute atomic E-state index is 0.0168.